The van der Waals surface area contributed by atoms with Crippen LogP contribution in [0.1, 0.15) is 36.9 Å². The number of fused-ring (bicyclic) bond motifs is 2. The van der Waals surface area contributed by atoms with Crippen molar-refractivity contribution in [3.8, 4) is 17.3 Å². The van der Waals surface area contributed by atoms with Crippen molar-refractivity contribution >= 4 is 28.7 Å². The Morgan fingerprint density at radius 1 is 1.10 bits per heavy atom. The van der Waals surface area contributed by atoms with Crippen LogP contribution in [0, 0.1) is 11.6 Å². The van der Waals surface area contributed by atoms with Crippen LogP contribution in [-0.4, -0.2) is 93.2 Å². The molecular weight excluding hydrogens is 683 g/mol. The number of benzene rings is 1. The lowest BCUT2D eigenvalue weighted by atomic mass is 9.95. The number of hydrogen-bond acceptors (Lipinski definition) is 8. The van der Waals surface area contributed by atoms with E-state index in [2.05, 4.69) is 19.9 Å². The molecule has 3 aliphatic heterocycles. The van der Waals surface area contributed by atoms with Gasteiger partial charge in [-0.3, -0.25) is 19.7 Å². The van der Waals surface area contributed by atoms with E-state index in [1.165, 1.54) is 11.1 Å². The maximum absolute atomic E-state index is 16.4. The number of carbonyl (C=O) groups excluding carboxylic acids is 1. The molecule has 9 nitrogen and oxygen atoms in total. The zero-order valence-electron chi connectivity index (χ0n) is 27.3. The SMILES string of the molecule is CN(c1nc(OC[C@@]23CCCN2C[C@H](F)C3)nc2c(F)c(-c3cccc(F)c3C(F)(F)F)ncc12)[C@@H]1CCN(C(=O)/C(F)=C/c2ccccn2)C1. The monoisotopic (exact) mass is 715 g/mol. The van der Waals surface area contributed by atoms with E-state index in [0.717, 1.165) is 30.8 Å². The Bertz CT molecular complexity index is 2000. The van der Waals surface area contributed by atoms with Crippen LogP contribution in [0.25, 0.3) is 28.2 Å². The highest BCUT2D eigenvalue weighted by Crippen LogP contribution is 2.42. The number of likely N-dealkylation sites (tertiary alicyclic amines) is 1. The minimum absolute atomic E-state index is 0.00686. The predicted octanol–water partition coefficient (Wildman–Crippen LogP) is 6.39. The number of halogens is 7. The smallest absolute Gasteiger partial charge is 0.419 e. The van der Waals surface area contributed by atoms with Crippen molar-refractivity contribution in [3.63, 3.8) is 0 Å². The van der Waals surface area contributed by atoms with Gasteiger partial charge in [-0.1, -0.05) is 18.2 Å². The topological polar surface area (TPSA) is 87.6 Å². The van der Waals surface area contributed by atoms with Gasteiger partial charge in [-0.15, -0.1) is 0 Å². The lowest BCUT2D eigenvalue weighted by Gasteiger charge is -2.31. The van der Waals surface area contributed by atoms with Crippen molar-refractivity contribution in [1.82, 2.24) is 29.7 Å². The lowest BCUT2D eigenvalue weighted by molar-refractivity contribution is -0.139. The van der Waals surface area contributed by atoms with Crippen LogP contribution >= 0.6 is 0 Å². The number of ether oxygens (including phenoxy) is 1. The minimum atomic E-state index is -5.16. The molecular formula is C35H32F7N7O2. The first kappa shape index (κ1) is 34.6. The van der Waals surface area contributed by atoms with Crippen molar-refractivity contribution in [2.45, 2.75) is 49.6 Å². The number of nitrogens with zero attached hydrogens (tertiary/aromatic N) is 7. The normalized spacial score (nSPS) is 22.5. The van der Waals surface area contributed by atoms with Crippen LogP contribution in [-0.2, 0) is 11.0 Å². The van der Waals surface area contributed by atoms with Gasteiger partial charge in [-0.2, -0.15) is 23.1 Å². The Balaban J connectivity index is 1.24. The van der Waals surface area contributed by atoms with Crippen molar-refractivity contribution in [1.29, 1.82) is 0 Å². The summed E-state index contributed by atoms with van der Waals surface area (Å²) in [6.45, 7) is 1.16. The van der Waals surface area contributed by atoms with Gasteiger partial charge >= 0.3 is 12.2 Å². The van der Waals surface area contributed by atoms with E-state index in [4.69, 9.17) is 4.74 Å². The van der Waals surface area contributed by atoms with Gasteiger partial charge in [0.05, 0.1) is 16.6 Å². The van der Waals surface area contributed by atoms with Crippen LogP contribution in [0.15, 0.2) is 54.6 Å². The lowest BCUT2D eigenvalue weighted by Crippen LogP contribution is -2.43. The molecule has 3 atom stereocenters. The average molecular weight is 716 g/mol. The summed E-state index contributed by atoms with van der Waals surface area (Å²) in [5, 5.41) is 0.00686. The molecule has 51 heavy (non-hydrogen) atoms. The minimum Gasteiger partial charge on any atom is -0.461 e. The molecule has 0 aliphatic carbocycles. The first-order chi connectivity index (χ1) is 24.3. The van der Waals surface area contributed by atoms with Crippen LogP contribution in [0.4, 0.5) is 36.6 Å². The molecule has 7 rings (SSSR count). The van der Waals surface area contributed by atoms with Gasteiger partial charge in [0.2, 0.25) is 0 Å². The molecule has 3 fully saturated rings. The standard InChI is InChI=1S/C35H32F7N7O2/c1-47(22-9-13-48(18-22)32(50)26(38)14-21-6-2-3-11-43-21)31-24-16-44-29(23-7-4-8-25(37)27(23)35(40,41)42)28(39)30(24)45-33(46-31)51-19-34-10-5-12-49(34)17-20(36)15-34/h2-4,6-8,11,14,16,20,22H,5,9-10,12-13,15,17-19H2,1H3/b26-14-/t20-,22-,34+/m1/s1. The fourth-order valence-electron chi connectivity index (χ4n) is 7.42. The summed E-state index contributed by atoms with van der Waals surface area (Å²) < 4.78 is 108. The van der Waals surface area contributed by atoms with E-state index in [0.29, 0.717) is 25.5 Å². The molecule has 16 heteroatoms. The van der Waals surface area contributed by atoms with Crippen molar-refractivity contribution in [3.05, 3.63) is 77.5 Å². The number of carbonyl (C=O) groups is 1. The number of anilines is 1. The summed E-state index contributed by atoms with van der Waals surface area (Å²) in [5.41, 5.74) is -4.06. The zero-order valence-corrected chi connectivity index (χ0v) is 27.3. The third kappa shape index (κ3) is 6.56. The van der Waals surface area contributed by atoms with Gasteiger partial charge in [0, 0.05) is 63.2 Å². The van der Waals surface area contributed by atoms with Crippen molar-refractivity contribution < 1.29 is 40.3 Å². The summed E-state index contributed by atoms with van der Waals surface area (Å²) >= 11 is 0. The predicted molar refractivity (Wildman–Crippen MR) is 173 cm³/mol. The maximum Gasteiger partial charge on any atom is 0.419 e. The highest BCUT2D eigenvalue weighted by Gasteiger charge is 2.49. The Kier molecular flexibility index (Phi) is 9.06. The molecule has 1 aromatic carbocycles. The molecule has 3 saturated heterocycles. The Labute approximate surface area is 287 Å². The number of aromatic nitrogens is 4. The van der Waals surface area contributed by atoms with Gasteiger partial charge in [-0.05, 0) is 44.0 Å². The van der Waals surface area contributed by atoms with E-state index in [1.807, 2.05) is 4.90 Å². The maximum atomic E-state index is 16.4. The molecule has 0 N–H and O–H groups in total. The van der Waals surface area contributed by atoms with Gasteiger partial charge in [0.1, 0.15) is 41.2 Å². The fourth-order valence-corrected chi connectivity index (χ4v) is 7.42. The molecule has 0 bridgehead atoms. The highest BCUT2D eigenvalue weighted by atomic mass is 19.4. The average Bonchev–Trinajstić information content (AvgIpc) is 3.81. The molecule has 0 spiro atoms. The number of likely N-dealkylation sites (N-methyl/N-ethyl adjacent to an activating group) is 1. The quantitative estimate of drug-likeness (QED) is 0.153. The molecule has 4 aromatic rings. The molecule has 3 aromatic heterocycles. The summed E-state index contributed by atoms with van der Waals surface area (Å²) in [6, 6.07) is 6.66. The summed E-state index contributed by atoms with van der Waals surface area (Å²) in [5.74, 6) is -4.62. The third-order valence-electron chi connectivity index (χ3n) is 9.93. The number of alkyl halides is 4. The number of rotatable bonds is 8. The van der Waals surface area contributed by atoms with E-state index in [1.54, 1.807) is 30.1 Å². The number of amides is 1. The molecule has 0 saturated carbocycles. The van der Waals surface area contributed by atoms with Crippen LogP contribution < -0.4 is 9.64 Å². The second-order valence-electron chi connectivity index (χ2n) is 13.1. The fraction of sp³-hybridized carbons (Fsp3) is 0.400. The third-order valence-corrected chi connectivity index (χ3v) is 9.93. The van der Waals surface area contributed by atoms with E-state index in [9.17, 15) is 31.1 Å². The Morgan fingerprint density at radius 3 is 2.69 bits per heavy atom. The Morgan fingerprint density at radius 2 is 1.92 bits per heavy atom. The molecule has 0 unspecified atom stereocenters. The summed E-state index contributed by atoms with van der Waals surface area (Å²) in [6.07, 6.45) is -0.518. The second kappa shape index (κ2) is 13.4. The van der Waals surface area contributed by atoms with Crippen molar-refractivity contribution in [2.75, 3.05) is 44.7 Å². The number of pyridine rings is 2. The van der Waals surface area contributed by atoms with E-state index in [-0.39, 0.29) is 55.6 Å². The summed E-state index contributed by atoms with van der Waals surface area (Å²) in [4.78, 5) is 34.7. The van der Waals surface area contributed by atoms with Gasteiger partial charge < -0.3 is 14.5 Å². The molecule has 268 valence electrons. The zero-order chi connectivity index (χ0) is 36.1. The molecule has 3 aliphatic rings. The van der Waals surface area contributed by atoms with Gasteiger partial charge in [0.15, 0.2) is 11.6 Å². The first-order valence-corrected chi connectivity index (χ1v) is 16.4. The highest BCUT2D eigenvalue weighted by molar-refractivity contribution is 5.96. The second-order valence-corrected chi connectivity index (χ2v) is 13.1. The van der Waals surface area contributed by atoms with Gasteiger partial charge in [0.25, 0.3) is 5.91 Å². The summed E-state index contributed by atoms with van der Waals surface area (Å²) in [7, 11) is 1.62. The van der Waals surface area contributed by atoms with Crippen LogP contribution in [0.5, 0.6) is 6.01 Å². The Hall–Kier alpha value is -4.86. The van der Waals surface area contributed by atoms with E-state index >= 15 is 4.39 Å². The van der Waals surface area contributed by atoms with Crippen LogP contribution in [0.3, 0.4) is 0 Å². The molecule has 1 amide bonds. The van der Waals surface area contributed by atoms with E-state index < -0.39 is 69.6 Å². The largest absolute Gasteiger partial charge is 0.461 e. The number of hydrogen-bond donors (Lipinski definition) is 0. The molecule has 6 heterocycles. The molecule has 0 radical (unpaired) electrons. The van der Waals surface area contributed by atoms with Crippen molar-refractivity contribution in [2.24, 2.45) is 0 Å². The van der Waals surface area contributed by atoms with Crippen LogP contribution in [0.2, 0.25) is 0 Å². The first-order valence-electron chi connectivity index (χ1n) is 16.4. The van der Waals surface area contributed by atoms with Gasteiger partial charge in [-0.25, -0.2) is 17.6 Å².